The van der Waals surface area contributed by atoms with Crippen LogP contribution in [0.15, 0.2) is 89.1 Å². The van der Waals surface area contributed by atoms with Crippen molar-refractivity contribution in [3.05, 3.63) is 100 Å². The highest BCUT2D eigenvalue weighted by Gasteiger charge is 2.12. The Kier molecular flexibility index (Phi) is 7.78. The first kappa shape index (κ1) is 23.0. The van der Waals surface area contributed by atoms with E-state index in [0.717, 1.165) is 27.5 Å². The molecule has 4 rings (SSSR count). The van der Waals surface area contributed by atoms with Gasteiger partial charge in [0, 0.05) is 26.6 Å². The van der Waals surface area contributed by atoms with Gasteiger partial charge in [-0.3, -0.25) is 10.1 Å². The lowest BCUT2D eigenvalue weighted by atomic mass is 10.1. The predicted molar refractivity (Wildman–Crippen MR) is 134 cm³/mol. The normalized spacial score (nSPS) is 10.6. The molecule has 0 fully saturated rings. The summed E-state index contributed by atoms with van der Waals surface area (Å²) in [5.74, 6) is -0.225. The second-order valence-corrected chi connectivity index (χ2v) is 9.31. The molecule has 0 saturated heterocycles. The Hall–Kier alpha value is -3.13. The zero-order valence-corrected chi connectivity index (χ0v) is 19.8. The van der Waals surface area contributed by atoms with Crippen LogP contribution in [-0.4, -0.2) is 23.5 Å². The van der Waals surface area contributed by atoms with E-state index >= 15 is 0 Å². The van der Waals surface area contributed by atoms with E-state index in [1.165, 1.54) is 11.3 Å². The quantitative estimate of drug-likeness (QED) is 0.222. The lowest BCUT2D eigenvalue weighted by Gasteiger charge is -2.06. The summed E-state index contributed by atoms with van der Waals surface area (Å²) in [5, 5.41) is 5.69. The highest BCUT2D eigenvalue weighted by atomic mass is 35.5. The lowest BCUT2D eigenvalue weighted by Crippen LogP contribution is -2.20. The third-order valence-corrected chi connectivity index (χ3v) is 6.66. The predicted octanol–water partition coefficient (Wildman–Crippen LogP) is 6.55. The molecule has 4 aromatic rings. The van der Waals surface area contributed by atoms with Crippen LogP contribution >= 0.6 is 34.7 Å². The number of rotatable bonds is 8. The van der Waals surface area contributed by atoms with Crippen molar-refractivity contribution >= 4 is 51.7 Å². The van der Waals surface area contributed by atoms with Gasteiger partial charge in [-0.05, 0) is 42.0 Å². The summed E-state index contributed by atoms with van der Waals surface area (Å²) >= 11 is 8.90. The van der Waals surface area contributed by atoms with Gasteiger partial charge in [0.25, 0.3) is 5.91 Å². The largest absolute Gasteiger partial charge is 0.452 e. The van der Waals surface area contributed by atoms with Gasteiger partial charge in [0.2, 0.25) is 0 Å². The summed E-state index contributed by atoms with van der Waals surface area (Å²) in [4.78, 5) is 29.9. The number of hydrogen-bond acceptors (Lipinski definition) is 6. The number of anilines is 1. The monoisotopic (exact) mass is 494 g/mol. The first-order valence-electron chi connectivity index (χ1n) is 10.0. The van der Waals surface area contributed by atoms with Crippen molar-refractivity contribution in [3.8, 4) is 11.3 Å². The first-order chi connectivity index (χ1) is 16.1. The molecule has 0 bridgehead atoms. The molecule has 0 saturated carbocycles. The highest BCUT2D eigenvalue weighted by molar-refractivity contribution is 7.98. The fraction of sp³-hybridized carbons (Fsp3) is 0.0800. The molecule has 8 heteroatoms. The van der Waals surface area contributed by atoms with Gasteiger partial charge in [0.15, 0.2) is 11.7 Å². The molecule has 5 nitrogen and oxygen atoms in total. The number of amides is 1. The molecule has 1 N–H and O–H groups in total. The number of thioether (sulfide) groups is 1. The Morgan fingerprint density at radius 2 is 1.70 bits per heavy atom. The van der Waals surface area contributed by atoms with E-state index in [1.54, 1.807) is 23.9 Å². The molecule has 1 heterocycles. The SMILES string of the molecule is O=C(COC(=O)c1ccc(CSc2ccc(Cl)cc2)cc1)Nc1nc(-c2ccccc2)cs1. The van der Waals surface area contributed by atoms with Gasteiger partial charge in [-0.2, -0.15) is 0 Å². The Bertz CT molecular complexity index is 1230. The molecule has 0 aliphatic heterocycles. The maximum Gasteiger partial charge on any atom is 0.338 e. The van der Waals surface area contributed by atoms with Gasteiger partial charge in [-0.1, -0.05) is 54.1 Å². The summed E-state index contributed by atoms with van der Waals surface area (Å²) < 4.78 is 5.14. The van der Waals surface area contributed by atoms with Crippen molar-refractivity contribution < 1.29 is 14.3 Å². The van der Waals surface area contributed by atoms with Gasteiger partial charge in [0.05, 0.1) is 11.3 Å². The van der Waals surface area contributed by atoms with Crippen molar-refractivity contribution in [1.82, 2.24) is 4.98 Å². The average Bonchev–Trinajstić information content (AvgIpc) is 3.31. The molecule has 0 spiro atoms. The van der Waals surface area contributed by atoms with Gasteiger partial charge < -0.3 is 4.74 Å². The number of halogens is 1. The molecular formula is C25H19ClN2O3S2. The number of ether oxygens (including phenoxy) is 1. The van der Waals surface area contributed by atoms with Crippen molar-refractivity contribution in [2.75, 3.05) is 11.9 Å². The van der Waals surface area contributed by atoms with Gasteiger partial charge in [-0.15, -0.1) is 23.1 Å². The number of nitrogens with one attached hydrogen (secondary N) is 1. The molecule has 0 aliphatic rings. The van der Waals surface area contributed by atoms with Crippen molar-refractivity contribution in [2.24, 2.45) is 0 Å². The van der Waals surface area contributed by atoms with E-state index in [2.05, 4.69) is 10.3 Å². The molecule has 0 radical (unpaired) electrons. The minimum Gasteiger partial charge on any atom is -0.452 e. The number of carbonyl (C=O) groups is 2. The first-order valence-corrected chi connectivity index (χ1v) is 12.3. The van der Waals surface area contributed by atoms with E-state index in [1.807, 2.05) is 72.1 Å². The number of nitrogens with zero attached hydrogens (tertiary/aromatic N) is 1. The third-order valence-electron chi connectivity index (χ3n) is 4.56. The molecule has 0 atom stereocenters. The molecule has 1 amide bonds. The molecular weight excluding hydrogens is 476 g/mol. The Morgan fingerprint density at radius 3 is 2.42 bits per heavy atom. The number of aromatic nitrogens is 1. The number of benzene rings is 3. The van der Waals surface area contributed by atoms with E-state index in [9.17, 15) is 9.59 Å². The lowest BCUT2D eigenvalue weighted by molar-refractivity contribution is -0.119. The third kappa shape index (κ3) is 6.68. The van der Waals surface area contributed by atoms with Crippen molar-refractivity contribution in [3.63, 3.8) is 0 Å². The van der Waals surface area contributed by atoms with E-state index in [-0.39, 0.29) is 6.61 Å². The number of carbonyl (C=O) groups excluding carboxylic acids is 2. The van der Waals surface area contributed by atoms with Crippen LogP contribution in [0.1, 0.15) is 15.9 Å². The molecule has 0 aliphatic carbocycles. The zero-order valence-electron chi connectivity index (χ0n) is 17.4. The van der Waals surface area contributed by atoms with E-state index < -0.39 is 11.9 Å². The fourth-order valence-electron chi connectivity index (χ4n) is 2.88. The summed E-state index contributed by atoms with van der Waals surface area (Å²) in [6, 6.07) is 24.5. The molecule has 33 heavy (non-hydrogen) atoms. The topological polar surface area (TPSA) is 68.3 Å². The Morgan fingerprint density at radius 1 is 0.970 bits per heavy atom. The van der Waals surface area contributed by atoms with Crippen LogP contribution in [0.2, 0.25) is 5.02 Å². The summed E-state index contributed by atoms with van der Waals surface area (Å²) in [5.41, 5.74) is 3.21. The van der Waals surface area contributed by atoms with Crippen molar-refractivity contribution in [2.45, 2.75) is 10.6 Å². The van der Waals surface area contributed by atoms with Gasteiger partial charge >= 0.3 is 5.97 Å². The summed E-state index contributed by atoms with van der Waals surface area (Å²) in [6.07, 6.45) is 0. The van der Waals surface area contributed by atoms with Gasteiger partial charge in [0.1, 0.15) is 0 Å². The van der Waals surface area contributed by atoms with E-state index in [0.29, 0.717) is 15.7 Å². The fourth-order valence-corrected chi connectivity index (χ4v) is 4.59. The van der Waals surface area contributed by atoms with Crippen LogP contribution in [0, 0.1) is 0 Å². The Balaban J connectivity index is 1.24. The van der Waals surface area contributed by atoms with Crippen molar-refractivity contribution in [1.29, 1.82) is 0 Å². The summed E-state index contributed by atoms with van der Waals surface area (Å²) in [7, 11) is 0. The van der Waals surface area contributed by atoms with Crippen LogP contribution in [0.3, 0.4) is 0 Å². The van der Waals surface area contributed by atoms with Crippen LogP contribution in [0.5, 0.6) is 0 Å². The standard InChI is InChI=1S/C25H19ClN2O3S2/c26-20-10-12-21(13-11-20)32-15-17-6-8-19(9-7-17)24(30)31-14-23(29)28-25-27-22(16-33-25)18-4-2-1-3-5-18/h1-13,16H,14-15H2,(H,27,28,29). The minimum atomic E-state index is -0.550. The molecule has 0 unspecified atom stereocenters. The maximum atomic E-state index is 12.3. The summed E-state index contributed by atoms with van der Waals surface area (Å²) in [6.45, 7) is -0.382. The number of esters is 1. The van der Waals surface area contributed by atoms with E-state index in [4.69, 9.17) is 16.3 Å². The zero-order chi connectivity index (χ0) is 23.0. The molecule has 166 valence electrons. The number of hydrogen-bond donors (Lipinski definition) is 1. The Labute approximate surface area is 204 Å². The van der Waals surface area contributed by atoms with Crippen LogP contribution in [-0.2, 0) is 15.3 Å². The average molecular weight is 495 g/mol. The van der Waals surface area contributed by atoms with Crippen LogP contribution < -0.4 is 5.32 Å². The smallest absolute Gasteiger partial charge is 0.338 e. The highest BCUT2D eigenvalue weighted by Crippen LogP contribution is 2.25. The second-order valence-electron chi connectivity index (χ2n) is 6.97. The maximum absolute atomic E-state index is 12.3. The number of thiazole rings is 1. The molecule has 3 aromatic carbocycles. The minimum absolute atomic E-state index is 0.382. The van der Waals surface area contributed by atoms with Gasteiger partial charge in [-0.25, -0.2) is 9.78 Å². The van der Waals surface area contributed by atoms with Crippen LogP contribution in [0.4, 0.5) is 5.13 Å². The van der Waals surface area contributed by atoms with Crippen LogP contribution in [0.25, 0.3) is 11.3 Å². The molecule has 1 aromatic heterocycles. The second kappa shape index (κ2) is 11.1.